The van der Waals surface area contributed by atoms with Crippen molar-refractivity contribution in [3.8, 4) is 5.75 Å². The summed E-state index contributed by atoms with van der Waals surface area (Å²) in [6.07, 6.45) is 4.13. The minimum absolute atomic E-state index is 0.0505. The fraction of sp³-hybridized carbons (Fsp3) is 0.318. The fourth-order valence-corrected chi connectivity index (χ4v) is 3.55. The Morgan fingerprint density at radius 2 is 2.11 bits per heavy atom. The van der Waals surface area contributed by atoms with Crippen molar-refractivity contribution in [2.45, 2.75) is 25.5 Å². The van der Waals surface area contributed by atoms with Gasteiger partial charge in [0.25, 0.3) is 5.91 Å². The van der Waals surface area contributed by atoms with Gasteiger partial charge in [-0.15, -0.1) is 0 Å². The largest absolute Gasteiger partial charge is 0.490 e. The average molecular weight is 364 g/mol. The quantitative estimate of drug-likeness (QED) is 0.719. The Bertz CT molecular complexity index is 928. The van der Waals surface area contributed by atoms with Gasteiger partial charge >= 0.3 is 0 Å². The van der Waals surface area contributed by atoms with E-state index in [1.165, 1.54) is 0 Å². The van der Waals surface area contributed by atoms with E-state index in [2.05, 4.69) is 11.1 Å². The molecule has 27 heavy (non-hydrogen) atoms. The lowest BCUT2D eigenvalue weighted by Gasteiger charge is -2.20. The zero-order valence-electron chi connectivity index (χ0n) is 15.5. The molecule has 5 nitrogen and oxygen atoms in total. The summed E-state index contributed by atoms with van der Waals surface area (Å²) in [7, 11) is 1.82. The van der Waals surface area contributed by atoms with Crippen LogP contribution in [0.2, 0.25) is 0 Å². The van der Waals surface area contributed by atoms with Crippen molar-refractivity contribution < 1.29 is 14.3 Å². The highest BCUT2D eigenvalue weighted by molar-refractivity contribution is 5.97. The van der Waals surface area contributed by atoms with E-state index in [9.17, 15) is 4.79 Å². The van der Waals surface area contributed by atoms with Crippen LogP contribution in [0.3, 0.4) is 0 Å². The van der Waals surface area contributed by atoms with Crippen LogP contribution in [0.1, 0.15) is 28.8 Å². The maximum Gasteiger partial charge on any atom is 0.257 e. The van der Waals surface area contributed by atoms with Gasteiger partial charge in [0.15, 0.2) is 0 Å². The highest BCUT2D eigenvalue weighted by Gasteiger charge is 2.20. The van der Waals surface area contributed by atoms with Crippen LogP contribution in [0.25, 0.3) is 10.9 Å². The summed E-state index contributed by atoms with van der Waals surface area (Å²) in [6, 6.07) is 15.6. The Hall–Kier alpha value is -2.79. The fourth-order valence-electron chi connectivity index (χ4n) is 3.55. The number of aromatic amines is 1. The molecule has 2 heterocycles. The van der Waals surface area contributed by atoms with Gasteiger partial charge in [-0.1, -0.05) is 24.3 Å². The average Bonchev–Trinajstić information content (AvgIpc) is 3.38. The summed E-state index contributed by atoms with van der Waals surface area (Å²) >= 11 is 0. The molecule has 1 aliphatic heterocycles. The molecule has 1 amide bonds. The Morgan fingerprint density at radius 1 is 1.22 bits per heavy atom. The van der Waals surface area contributed by atoms with E-state index in [0.717, 1.165) is 35.9 Å². The lowest BCUT2D eigenvalue weighted by Crippen LogP contribution is -2.27. The van der Waals surface area contributed by atoms with Crippen LogP contribution in [-0.4, -0.2) is 42.2 Å². The standard InChI is InChI=1S/C22H24N2O3/c1-24(14-16-6-4-9-20-18(16)11-12-23-20)22(25)19-8-2-3-10-21(19)27-15-17-7-5-13-26-17/h2-4,6,8-12,17,23H,5,7,13-15H2,1H3. The lowest BCUT2D eigenvalue weighted by atomic mass is 10.1. The predicted octanol–water partition coefficient (Wildman–Crippen LogP) is 4.00. The molecule has 1 unspecified atom stereocenters. The molecule has 4 rings (SSSR count). The number of H-pyrrole nitrogens is 1. The number of nitrogens with one attached hydrogen (secondary N) is 1. The van der Waals surface area contributed by atoms with Crippen LogP contribution in [0.5, 0.6) is 5.75 Å². The first kappa shape index (κ1) is 17.6. The number of rotatable bonds is 6. The molecule has 0 saturated carbocycles. The second kappa shape index (κ2) is 7.84. The van der Waals surface area contributed by atoms with Crippen molar-refractivity contribution >= 4 is 16.8 Å². The van der Waals surface area contributed by atoms with Gasteiger partial charge in [0.05, 0.1) is 11.7 Å². The zero-order chi connectivity index (χ0) is 18.6. The third kappa shape index (κ3) is 3.83. The number of fused-ring (bicyclic) bond motifs is 1. The van der Waals surface area contributed by atoms with Gasteiger partial charge in [-0.25, -0.2) is 0 Å². The molecule has 0 aliphatic carbocycles. The van der Waals surface area contributed by atoms with Crippen LogP contribution in [0.15, 0.2) is 54.7 Å². The number of aromatic nitrogens is 1. The molecular formula is C22H24N2O3. The number of benzene rings is 2. The minimum Gasteiger partial charge on any atom is -0.490 e. The SMILES string of the molecule is CN(Cc1cccc2[nH]ccc12)C(=O)c1ccccc1OCC1CCCO1. The summed E-state index contributed by atoms with van der Waals surface area (Å²) in [5.74, 6) is 0.565. The summed E-state index contributed by atoms with van der Waals surface area (Å²) < 4.78 is 11.5. The van der Waals surface area contributed by atoms with Gasteiger partial charge < -0.3 is 19.4 Å². The maximum atomic E-state index is 13.0. The second-order valence-electron chi connectivity index (χ2n) is 6.96. The van der Waals surface area contributed by atoms with Gasteiger partial charge in [-0.05, 0) is 42.7 Å². The molecule has 1 aromatic heterocycles. The first-order valence-corrected chi connectivity index (χ1v) is 9.36. The Balaban J connectivity index is 1.49. The molecule has 5 heteroatoms. The first-order valence-electron chi connectivity index (χ1n) is 9.36. The normalized spacial score (nSPS) is 16.6. The smallest absolute Gasteiger partial charge is 0.257 e. The number of ether oxygens (including phenoxy) is 2. The lowest BCUT2D eigenvalue weighted by molar-refractivity contribution is 0.0656. The van der Waals surface area contributed by atoms with Crippen molar-refractivity contribution in [3.63, 3.8) is 0 Å². The maximum absolute atomic E-state index is 13.0. The van der Waals surface area contributed by atoms with E-state index in [1.54, 1.807) is 4.90 Å². The molecule has 1 saturated heterocycles. The molecular weight excluding hydrogens is 340 g/mol. The number of para-hydroxylation sites is 1. The van der Waals surface area contributed by atoms with E-state index in [0.29, 0.717) is 24.5 Å². The molecule has 140 valence electrons. The van der Waals surface area contributed by atoms with E-state index in [-0.39, 0.29) is 12.0 Å². The third-order valence-corrected chi connectivity index (χ3v) is 5.01. The van der Waals surface area contributed by atoms with E-state index in [4.69, 9.17) is 9.47 Å². The van der Waals surface area contributed by atoms with Gasteiger partial charge in [-0.3, -0.25) is 4.79 Å². The topological polar surface area (TPSA) is 54.6 Å². The number of carbonyl (C=O) groups excluding carboxylic acids is 1. The first-order chi connectivity index (χ1) is 13.2. The van der Waals surface area contributed by atoms with Crippen LogP contribution in [-0.2, 0) is 11.3 Å². The second-order valence-corrected chi connectivity index (χ2v) is 6.96. The minimum atomic E-state index is -0.0505. The Kier molecular flexibility index (Phi) is 5.12. The molecule has 1 aliphatic rings. The zero-order valence-corrected chi connectivity index (χ0v) is 15.5. The molecule has 0 bridgehead atoms. The van der Waals surface area contributed by atoms with Crippen LogP contribution < -0.4 is 4.74 Å². The highest BCUT2D eigenvalue weighted by atomic mass is 16.5. The summed E-state index contributed by atoms with van der Waals surface area (Å²) in [6.45, 7) is 1.81. The summed E-state index contributed by atoms with van der Waals surface area (Å²) in [5.41, 5.74) is 2.77. The van der Waals surface area contributed by atoms with Gasteiger partial charge in [-0.2, -0.15) is 0 Å². The number of nitrogens with zero attached hydrogens (tertiary/aromatic N) is 1. The molecule has 0 radical (unpaired) electrons. The van der Waals surface area contributed by atoms with Crippen LogP contribution in [0.4, 0.5) is 0 Å². The highest BCUT2D eigenvalue weighted by Crippen LogP contribution is 2.24. The predicted molar refractivity (Wildman–Crippen MR) is 105 cm³/mol. The number of hydrogen-bond acceptors (Lipinski definition) is 3. The molecule has 0 spiro atoms. The van der Waals surface area contributed by atoms with Crippen molar-refractivity contribution in [2.24, 2.45) is 0 Å². The molecule has 1 N–H and O–H groups in total. The van der Waals surface area contributed by atoms with Gasteiger partial charge in [0.1, 0.15) is 12.4 Å². The van der Waals surface area contributed by atoms with Crippen LogP contribution in [0, 0.1) is 0 Å². The van der Waals surface area contributed by atoms with Gasteiger partial charge in [0.2, 0.25) is 0 Å². The van der Waals surface area contributed by atoms with Crippen molar-refractivity contribution in [1.82, 2.24) is 9.88 Å². The van der Waals surface area contributed by atoms with Gasteiger partial charge in [0, 0.05) is 37.3 Å². The Morgan fingerprint density at radius 3 is 2.96 bits per heavy atom. The van der Waals surface area contributed by atoms with E-state index >= 15 is 0 Å². The van der Waals surface area contributed by atoms with Crippen LogP contribution >= 0.6 is 0 Å². The molecule has 2 aromatic carbocycles. The number of carbonyl (C=O) groups is 1. The summed E-state index contributed by atoms with van der Waals surface area (Å²) in [5, 5.41) is 1.14. The third-order valence-electron chi connectivity index (χ3n) is 5.01. The summed E-state index contributed by atoms with van der Waals surface area (Å²) in [4.78, 5) is 18.0. The van der Waals surface area contributed by atoms with Crippen molar-refractivity contribution in [1.29, 1.82) is 0 Å². The number of amides is 1. The Labute approximate surface area is 158 Å². The van der Waals surface area contributed by atoms with Crippen molar-refractivity contribution in [2.75, 3.05) is 20.3 Å². The van der Waals surface area contributed by atoms with E-state index in [1.807, 2.05) is 55.7 Å². The van der Waals surface area contributed by atoms with E-state index < -0.39 is 0 Å². The van der Waals surface area contributed by atoms with Crippen molar-refractivity contribution in [3.05, 3.63) is 65.9 Å². The monoisotopic (exact) mass is 364 g/mol. The number of hydrogen-bond donors (Lipinski definition) is 1. The molecule has 1 atom stereocenters. The molecule has 1 fully saturated rings. The molecule has 3 aromatic rings.